The maximum atomic E-state index is 11.4. The highest BCUT2D eigenvalue weighted by molar-refractivity contribution is 6.31. The zero-order valence-corrected chi connectivity index (χ0v) is 11.3. The van der Waals surface area contributed by atoms with E-state index in [0.29, 0.717) is 22.7 Å². The number of fused-ring (bicyclic) bond motifs is 1. The molecular formula is C13H13ClN2O3. The minimum absolute atomic E-state index is 0.273. The first kappa shape index (κ1) is 13.5. The molecule has 100 valence electrons. The van der Waals surface area contributed by atoms with Gasteiger partial charge in [-0.1, -0.05) is 11.6 Å². The second kappa shape index (κ2) is 5.84. The Hall–Kier alpha value is -1.88. The molecule has 1 heterocycles. The average molecular weight is 281 g/mol. The van der Waals surface area contributed by atoms with Gasteiger partial charge in [-0.05, 0) is 32.0 Å². The number of benzene rings is 1. The summed E-state index contributed by atoms with van der Waals surface area (Å²) in [7, 11) is 0. The van der Waals surface area contributed by atoms with Crippen LogP contribution in [0.25, 0.3) is 11.0 Å². The summed E-state index contributed by atoms with van der Waals surface area (Å²) in [6.45, 7) is 3.66. The zero-order valence-electron chi connectivity index (χ0n) is 10.6. The van der Waals surface area contributed by atoms with Crippen molar-refractivity contribution in [1.82, 2.24) is 9.97 Å². The average Bonchev–Trinajstić information content (AvgIpc) is 2.39. The molecule has 1 aromatic heterocycles. The van der Waals surface area contributed by atoms with Crippen molar-refractivity contribution in [2.45, 2.75) is 20.0 Å². The fourth-order valence-electron chi connectivity index (χ4n) is 1.51. The van der Waals surface area contributed by atoms with Crippen LogP contribution in [0.2, 0.25) is 5.02 Å². The van der Waals surface area contributed by atoms with Crippen LogP contribution in [0.15, 0.2) is 24.4 Å². The van der Waals surface area contributed by atoms with Crippen LogP contribution in [0.3, 0.4) is 0 Å². The van der Waals surface area contributed by atoms with E-state index in [2.05, 4.69) is 9.97 Å². The van der Waals surface area contributed by atoms with Crippen LogP contribution in [-0.2, 0) is 9.53 Å². The molecule has 0 bridgehead atoms. The van der Waals surface area contributed by atoms with Crippen molar-refractivity contribution in [2.75, 3.05) is 6.61 Å². The molecule has 2 rings (SSSR count). The fraction of sp³-hybridized carbons (Fsp3) is 0.308. The van der Waals surface area contributed by atoms with Crippen LogP contribution >= 0.6 is 11.6 Å². The van der Waals surface area contributed by atoms with Crippen molar-refractivity contribution >= 4 is 28.6 Å². The van der Waals surface area contributed by atoms with E-state index in [1.165, 1.54) is 6.20 Å². The van der Waals surface area contributed by atoms with Crippen molar-refractivity contribution in [3.63, 3.8) is 0 Å². The first-order valence-electron chi connectivity index (χ1n) is 5.85. The first-order valence-corrected chi connectivity index (χ1v) is 6.23. The molecule has 2 aromatic rings. The standard InChI is InChI=1S/C13H13ClN2O3/c1-3-18-13(17)8(2)19-12-7-15-11-6-9(14)4-5-10(11)16-12/h4-8H,3H2,1-2H3. The molecule has 19 heavy (non-hydrogen) atoms. The number of esters is 1. The van der Waals surface area contributed by atoms with Gasteiger partial charge in [0.1, 0.15) is 0 Å². The molecule has 0 aliphatic heterocycles. The monoisotopic (exact) mass is 280 g/mol. The normalized spacial score (nSPS) is 12.2. The lowest BCUT2D eigenvalue weighted by Gasteiger charge is -2.12. The third-order valence-corrected chi connectivity index (χ3v) is 2.63. The Morgan fingerprint density at radius 2 is 2.21 bits per heavy atom. The van der Waals surface area contributed by atoms with Crippen LogP contribution < -0.4 is 4.74 Å². The minimum atomic E-state index is -0.723. The second-order valence-corrected chi connectivity index (χ2v) is 4.29. The minimum Gasteiger partial charge on any atom is -0.463 e. The van der Waals surface area contributed by atoms with Gasteiger partial charge in [-0.3, -0.25) is 0 Å². The molecule has 5 nitrogen and oxygen atoms in total. The first-order chi connectivity index (χ1) is 9.10. The van der Waals surface area contributed by atoms with E-state index in [1.807, 2.05) is 0 Å². The molecule has 0 radical (unpaired) electrons. The molecule has 0 aliphatic carbocycles. The summed E-state index contributed by atoms with van der Waals surface area (Å²) in [5.74, 6) is -0.157. The van der Waals surface area contributed by atoms with E-state index < -0.39 is 12.1 Å². The van der Waals surface area contributed by atoms with E-state index in [1.54, 1.807) is 32.0 Å². The summed E-state index contributed by atoms with van der Waals surface area (Å²) in [5, 5.41) is 0.593. The van der Waals surface area contributed by atoms with E-state index in [9.17, 15) is 4.79 Å². The SMILES string of the molecule is CCOC(=O)C(C)Oc1cnc2cc(Cl)ccc2n1. The lowest BCUT2D eigenvalue weighted by molar-refractivity contribution is -0.150. The molecule has 0 spiro atoms. The third kappa shape index (κ3) is 3.32. The van der Waals surface area contributed by atoms with E-state index in [-0.39, 0.29) is 5.88 Å². The Kier molecular flexibility index (Phi) is 4.16. The number of hydrogen-bond donors (Lipinski definition) is 0. The quantitative estimate of drug-likeness (QED) is 0.806. The molecule has 0 aliphatic rings. The Balaban J connectivity index is 2.17. The highest BCUT2D eigenvalue weighted by Gasteiger charge is 2.16. The van der Waals surface area contributed by atoms with Gasteiger partial charge in [0, 0.05) is 5.02 Å². The molecule has 0 fully saturated rings. The molecule has 1 unspecified atom stereocenters. The summed E-state index contributed by atoms with van der Waals surface area (Å²) < 4.78 is 10.2. The number of halogens is 1. The highest BCUT2D eigenvalue weighted by Crippen LogP contribution is 2.18. The molecule has 1 aromatic carbocycles. The Labute approximate surface area is 115 Å². The van der Waals surface area contributed by atoms with Crippen molar-refractivity contribution < 1.29 is 14.3 Å². The van der Waals surface area contributed by atoms with E-state index in [4.69, 9.17) is 21.1 Å². The number of nitrogens with zero attached hydrogens (tertiary/aromatic N) is 2. The lowest BCUT2D eigenvalue weighted by Crippen LogP contribution is -2.26. The lowest BCUT2D eigenvalue weighted by atomic mass is 10.3. The van der Waals surface area contributed by atoms with Crippen LogP contribution in [0.5, 0.6) is 5.88 Å². The Morgan fingerprint density at radius 3 is 2.95 bits per heavy atom. The van der Waals surface area contributed by atoms with Crippen LogP contribution in [-0.4, -0.2) is 28.6 Å². The van der Waals surface area contributed by atoms with Gasteiger partial charge in [-0.25, -0.2) is 14.8 Å². The number of hydrogen-bond acceptors (Lipinski definition) is 5. The third-order valence-electron chi connectivity index (χ3n) is 2.40. The van der Waals surface area contributed by atoms with Crippen LogP contribution in [0, 0.1) is 0 Å². The topological polar surface area (TPSA) is 61.3 Å². The van der Waals surface area contributed by atoms with Gasteiger partial charge < -0.3 is 9.47 Å². The van der Waals surface area contributed by atoms with Gasteiger partial charge in [0.15, 0.2) is 6.10 Å². The zero-order chi connectivity index (χ0) is 13.8. The summed E-state index contributed by atoms with van der Waals surface area (Å²) in [6.07, 6.45) is 0.730. The van der Waals surface area contributed by atoms with Gasteiger partial charge in [0.05, 0.1) is 23.8 Å². The number of carbonyl (C=O) groups excluding carboxylic acids is 1. The molecule has 1 atom stereocenters. The summed E-state index contributed by atoms with van der Waals surface area (Å²) >= 11 is 5.86. The number of carbonyl (C=O) groups is 1. The van der Waals surface area contributed by atoms with Crippen molar-refractivity contribution in [1.29, 1.82) is 0 Å². The van der Waals surface area contributed by atoms with E-state index in [0.717, 1.165) is 0 Å². The highest BCUT2D eigenvalue weighted by atomic mass is 35.5. The van der Waals surface area contributed by atoms with Gasteiger partial charge in [0.25, 0.3) is 0 Å². The molecule has 6 heteroatoms. The molecule has 0 amide bonds. The summed E-state index contributed by atoms with van der Waals surface area (Å²) in [4.78, 5) is 19.9. The van der Waals surface area contributed by atoms with Gasteiger partial charge in [0.2, 0.25) is 5.88 Å². The number of aromatic nitrogens is 2. The fourth-order valence-corrected chi connectivity index (χ4v) is 1.68. The maximum absolute atomic E-state index is 11.4. The summed E-state index contributed by atoms with van der Waals surface area (Å²) in [5.41, 5.74) is 1.32. The van der Waals surface area contributed by atoms with Crippen molar-refractivity contribution in [2.24, 2.45) is 0 Å². The Morgan fingerprint density at radius 1 is 1.42 bits per heavy atom. The molecule has 0 saturated carbocycles. The molecule has 0 N–H and O–H groups in total. The molecule has 0 saturated heterocycles. The smallest absolute Gasteiger partial charge is 0.347 e. The maximum Gasteiger partial charge on any atom is 0.347 e. The van der Waals surface area contributed by atoms with E-state index >= 15 is 0 Å². The largest absolute Gasteiger partial charge is 0.463 e. The van der Waals surface area contributed by atoms with Crippen LogP contribution in [0.1, 0.15) is 13.8 Å². The van der Waals surface area contributed by atoms with Gasteiger partial charge in [-0.15, -0.1) is 0 Å². The number of ether oxygens (including phenoxy) is 2. The van der Waals surface area contributed by atoms with Crippen molar-refractivity contribution in [3.05, 3.63) is 29.4 Å². The number of rotatable bonds is 4. The Bertz CT molecular complexity index is 603. The predicted molar refractivity (Wildman–Crippen MR) is 71.3 cm³/mol. The second-order valence-electron chi connectivity index (χ2n) is 3.85. The van der Waals surface area contributed by atoms with Crippen LogP contribution in [0.4, 0.5) is 0 Å². The van der Waals surface area contributed by atoms with Gasteiger partial charge >= 0.3 is 5.97 Å². The predicted octanol–water partition coefficient (Wildman–Crippen LogP) is 2.61. The molecular weight excluding hydrogens is 268 g/mol. The van der Waals surface area contributed by atoms with Gasteiger partial charge in [-0.2, -0.15) is 0 Å². The van der Waals surface area contributed by atoms with Crippen molar-refractivity contribution in [3.8, 4) is 5.88 Å². The summed E-state index contributed by atoms with van der Waals surface area (Å²) in [6, 6.07) is 5.17.